The van der Waals surface area contributed by atoms with Gasteiger partial charge in [0.2, 0.25) is 0 Å². The second-order valence-corrected chi connectivity index (χ2v) is 8.99. The standard InChI is InChI=1S/C21H36N4O2/c1-4-10-25-18-9-8-16(22-14-21(2,3)15-26)13-17(18)19(23-25)20(27)24-11-6-5-7-12-24/h16,22,26H,4-15H2,1-3H3. The molecule has 27 heavy (non-hydrogen) atoms. The Kier molecular flexibility index (Phi) is 6.58. The van der Waals surface area contributed by atoms with Gasteiger partial charge in [0.05, 0.1) is 0 Å². The van der Waals surface area contributed by atoms with Crippen LogP contribution in [0.5, 0.6) is 0 Å². The number of piperidine rings is 1. The number of amides is 1. The third-order valence-electron chi connectivity index (χ3n) is 5.93. The molecule has 2 heterocycles. The summed E-state index contributed by atoms with van der Waals surface area (Å²) >= 11 is 0. The molecule has 152 valence electrons. The van der Waals surface area contributed by atoms with Crippen molar-refractivity contribution >= 4 is 5.91 Å². The molecule has 0 aromatic carbocycles. The van der Waals surface area contributed by atoms with Gasteiger partial charge >= 0.3 is 0 Å². The van der Waals surface area contributed by atoms with Gasteiger partial charge in [-0.05, 0) is 44.9 Å². The van der Waals surface area contributed by atoms with Crippen LogP contribution >= 0.6 is 0 Å². The van der Waals surface area contributed by atoms with Crippen LogP contribution < -0.4 is 5.32 Å². The van der Waals surface area contributed by atoms with Gasteiger partial charge in [-0.25, -0.2) is 0 Å². The topological polar surface area (TPSA) is 70.4 Å². The monoisotopic (exact) mass is 376 g/mol. The fourth-order valence-corrected chi connectivity index (χ4v) is 4.15. The van der Waals surface area contributed by atoms with Crippen molar-refractivity contribution in [3.63, 3.8) is 0 Å². The molecule has 1 saturated heterocycles. The predicted octanol–water partition coefficient (Wildman–Crippen LogP) is 2.38. The normalized spacial score (nSPS) is 20.6. The number of fused-ring (bicyclic) bond motifs is 1. The van der Waals surface area contributed by atoms with Gasteiger partial charge in [0.25, 0.3) is 5.91 Å². The molecular formula is C21H36N4O2. The van der Waals surface area contributed by atoms with E-state index < -0.39 is 0 Å². The molecule has 1 unspecified atom stereocenters. The lowest BCUT2D eigenvalue weighted by Crippen LogP contribution is -2.42. The van der Waals surface area contributed by atoms with E-state index in [1.165, 1.54) is 12.1 Å². The van der Waals surface area contributed by atoms with E-state index >= 15 is 0 Å². The zero-order chi connectivity index (χ0) is 19.4. The Morgan fingerprint density at radius 2 is 2.04 bits per heavy atom. The number of aryl methyl sites for hydroxylation is 1. The lowest BCUT2D eigenvalue weighted by atomic mass is 9.89. The molecule has 6 nitrogen and oxygen atoms in total. The first kappa shape index (κ1) is 20.3. The number of hydrogen-bond donors (Lipinski definition) is 2. The zero-order valence-electron chi connectivity index (χ0n) is 17.3. The minimum absolute atomic E-state index is 0.122. The molecule has 1 aliphatic heterocycles. The molecule has 1 aromatic heterocycles. The third-order valence-corrected chi connectivity index (χ3v) is 5.93. The average molecular weight is 377 g/mol. The first-order chi connectivity index (χ1) is 12.9. The molecular weight excluding hydrogens is 340 g/mol. The largest absolute Gasteiger partial charge is 0.396 e. The van der Waals surface area contributed by atoms with Gasteiger partial charge in [-0.1, -0.05) is 20.8 Å². The highest BCUT2D eigenvalue weighted by molar-refractivity contribution is 5.94. The van der Waals surface area contributed by atoms with E-state index in [0.717, 1.165) is 70.3 Å². The SMILES string of the molecule is CCCn1nc(C(=O)N2CCCCC2)c2c1CCC(NCC(C)(C)CO)C2. The number of nitrogens with zero attached hydrogens (tertiary/aromatic N) is 3. The lowest BCUT2D eigenvalue weighted by Gasteiger charge is -2.30. The number of nitrogens with one attached hydrogen (secondary N) is 1. The van der Waals surface area contributed by atoms with Crippen molar-refractivity contribution in [1.82, 2.24) is 20.0 Å². The van der Waals surface area contributed by atoms with Crippen LogP contribution in [-0.4, -0.2) is 58.0 Å². The summed E-state index contributed by atoms with van der Waals surface area (Å²) in [5, 5.41) is 17.9. The van der Waals surface area contributed by atoms with Crippen molar-refractivity contribution in [1.29, 1.82) is 0 Å². The summed E-state index contributed by atoms with van der Waals surface area (Å²) in [6.45, 7) is 9.85. The maximum Gasteiger partial charge on any atom is 0.274 e. The van der Waals surface area contributed by atoms with Crippen LogP contribution in [0.3, 0.4) is 0 Å². The Labute approximate surface area is 163 Å². The Morgan fingerprint density at radius 1 is 1.30 bits per heavy atom. The van der Waals surface area contributed by atoms with Crippen molar-refractivity contribution in [2.24, 2.45) is 5.41 Å². The molecule has 1 amide bonds. The highest BCUT2D eigenvalue weighted by Crippen LogP contribution is 2.27. The molecule has 3 rings (SSSR count). The van der Waals surface area contributed by atoms with Gasteiger partial charge in [0.1, 0.15) is 0 Å². The minimum atomic E-state index is -0.126. The Bertz CT molecular complexity index is 647. The molecule has 2 N–H and O–H groups in total. The van der Waals surface area contributed by atoms with Crippen LogP contribution in [-0.2, 0) is 19.4 Å². The van der Waals surface area contributed by atoms with Crippen molar-refractivity contribution in [2.75, 3.05) is 26.2 Å². The van der Waals surface area contributed by atoms with Crippen molar-refractivity contribution in [3.8, 4) is 0 Å². The maximum absolute atomic E-state index is 13.2. The summed E-state index contributed by atoms with van der Waals surface area (Å²) in [6, 6.07) is 0.343. The first-order valence-corrected chi connectivity index (χ1v) is 10.7. The van der Waals surface area contributed by atoms with Gasteiger partial charge in [0, 0.05) is 55.5 Å². The maximum atomic E-state index is 13.2. The Morgan fingerprint density at radius 3 is 2.70 bits per heavy atom. The fraction of sp³-hybridized carbons (Fsp3) is 0.810. The molecule has 1 fully saturated rings. The van der Waals surface area contributed by atoms with Gasteiger partial charge in [-0.3, -0.25) is 9.48 Å². The van der Waals surface area contributed by atoms with E-state index in [9.17, 15) is 9.90 Å². The summed E-state index contributed by atoms with van der Waals surface area (Å²) in [6.07, 6.45) is 7.33. The number of hydrogen-bond acceptors (Lipinski definition) is 4. The van der Waals surface area contributed by atoms with E-state index in [1.54, 1.807) is 0 Å². The van der Waals surface area contributed by atoms with Gasteiger partial charge in [-0.2, -0.15) is 5.10 Å². The van der Waals surface area contributed by atoms with Gasteiger partial charge in [-0.15, -0.1) is 0 Å². The highest BCUT2D eigenvalue weighted by Gasteiger charge is 2.32. The fourth-order valence-electron chi connectivity index (χ4n) is 4.15. The van der Waals surface area contributed by atoms with Crippen LogP contribution in [0, 0.1) is 5.41 Å². The zero-order valence-corrected chi connectivity index (χ0v) is 17.3. The number of aliphatic hydroxyl groups excluding tert-OH is 1. The summed E-state index contributed by atoms with van der Waals surface area (Å²) in [5.74, 6) is 0.122. The number of carbonyl (C=O) groups excluding carboxylic acids is 1. The van der Waals surface area contributed by atoms with E-state index in [2.05, 4.69) is 30.8 Å². The molecule has 1 atom stereocenters. The predicted molar refractivity (Wildman–Crippen MR) is 107 cm³/mol. The van der Waals surface area contributed by atoms with Gasteiger partial charge in [0.15, 0.2) is 5.69 Å². The summed E-state index contributed by atoms with van der Waals surface area (Å²) < 4.78 is 2.08. The summed E-state index contributed by atoms with van der Waals surface area (Å²) in [7, 11) is 0. The second-order valence-electron chi connectivity index (χ2n) is 8.99. The van der Waals surface area contributed by atoms with Crippen LogP contribution in [0.2, 0.25) is 0 Å². The average Bonchev–Trinajstić information content (AvgIpc) is 3.05. The minimum Gasteiger partial charge on any atom is -0.396 e. The van der Waals surface area contributed by atoms with E-state index in [-0.39, 0.29) is 17.9 Å². The van der Waals surface area contributed by atoms with Gasteiger partial charge < -0.3 is 15.3 Å². The van der Waals surface area contributed by atoms with E-state index in [0.29, 0.717) is 11.7 Å². The number of likely N-dealkylation sites (tertiary alicyclic amines) is 1. The Hall–Kier alpha value is -1.40. The molecule has 0 radical (unpaired) electrons. The lowest BCUT2D eigenvalue weighted by molar-refractivity contribution is 0.0716. The number of aromatic nitrogens is 2. The van der Waals surface area contributed by atoms with Crippen LogP contribution in [0.4, 0.5) is 0 Å². The first-order valence-electron chi connectivity index (χ1n) is 10.7. The summed E-state index contributed by atoms with van der Waals surface area (Å²) in [4.78, 5) is 15.2. The van der Waals surface area contributed by atoms with Crippen molar-refractivity contribution in [3.05, 3.63) is 17.0 Å². The number of rotatable bonds is 7. The van der Waals surface area contributed by atoms with E-state index in [1.807, 2.05) is 4.90 Å². The molecule has 6 heteroatoms. The van der Waals surface area contributed by atoms with Crippen LogP contribution in [0.15, 0.2) is 0 Å². The molecule has 0 saturated carbocycles. The summed E-state index contributed by atoms with van der Waals surface area (Å²) in [5.41, 5.74) is 2.98. The van der Waals surface area contributed by atoms with Crippen LogP contribution in [0.1, 0.15) is 74.6 Å². The molecule has 1 aliphatic carbocycles. The molecule has 1 aromatic rings. The van der Waals surface area contributed by atoms with Crippen molar-refractivity contribution in [2.45, 2.75) is 78.3 Å². The van der Waals surface area contributed by atoms with Crippen molar-refractivity contribution < 1.29 is 9.90 Å². The smallest absolute Gasteiger partial charge is 0.274 e. The highest BCUT2D eigenvalue weighted by atomic mass is 16.3. The number of carbonyl (C=O) groups is 1. The van der Waals surface area contributed by atoms with Crippen LogP contribution in [0.25, 0.3) is 0 Å². The Balaban J connectivity index is 1.78. The molecule has 2 aliphatic rings. The molecule has 0 spiro atoms. The third kappa shape index (κ3) is 4.72. The second kappa shape index (κ2) is 8.74. The quantitative estimate of drug-likeness (QED) is 0.767. The molecule has 0 bridgehead atoms. The number of aliphatic hydroxyl groups is 1. The van der Waals surface area contributed by atoms with E-state index in [4.69, 9.17) is 5.10 Å².